The molecule has 3 nitrogen and oxygen atoms in total. The molecular formula is C15H21NO2S. The number of rotatable bonds is 1. The van der Waals surface area contributed by atoms with Crippen molar-refractivity contribution >= 4 is 17.2 Å². The molecule has 1 aromatic heterocycles. The van der Waals surface area contributed by atoms with Gasteiger partial charge in [0.05, 0.1) is 17.6 Å². The Balaban J connectivity index is 1.77. The van der Waals surface area contributed by atoms with Crippen LogP contribution >= 0.6 is 11.3 Å². The minimum Gasteiger partial charge on any atom is -0.375 e. The SMILES string of the molecule is C[C@@H]1CCc2sc(C(=O)N3CCO[C@H](C)C3)cc2C1. The molecule has 3 rings (SSSR count). The Kier molecular flexibility index (Phi) is 3.63. The summed E-state index contributed by atoms with van der Waals surface area (Å²) in [5.74, 6) is 0.954. The van der Waals surface area contributed by atoms with Crippen molar-refractivity contribution in [2.45, 2.75) is 39.2 Å². The van der Waals surface area contributed by atoms with Gasteiger partial charge in [-0.05, 0) is 43.7 Å². The maximum Gasteiger partial charge on any atom is 0.264 e. The van der Waals surface area contributed by atoms with Gasteiger partial charge in [0.25, 0.3) is 5.91 Å². The van der Waals surface area contributed by atoms with Crippen LogP contribution < -0.4 is 0 Å². The molecule has 0 unspecified atom stereocenters. The lowest BCUT2D eigenvalue weighted by atomic mass is 9.90. The summed E-state index contributed by atoms with van der Waals surface area (Å²) in [6.07, 6.45) is 3.70. The van der Waals surface area contributed by atoms with E-state index >= 15 is 0 Å². The Bertz CT molecular complexity index is 482. The average Bonchev–Trinajstić information content (AvgIpc) is 2.80. The maximum atomic E-state index is 12.5. The lowest BCUT2D eigenvalue weighted by Crippen LogP contribution is -2.44. The average molecular weight is 279 g/mol. The number of hydrogen-bond donors (Lipinski definition) is 0. The number of thiophene rings is 1. The summed E-state index contributed by atoms with van der Waals surface area (Å²) in [6, 6.07) is 2.14. The van der Waals surface area contributed by atoms with Crippen molar-refractivity contribution in [3.8, 4) is 0 Å². The second-order valence-electron chi connectivity index (χ2n) is 5.84. The Labute approximate surface area is 118 Å². The van der Waals surface area contributed by atoms with Gasteiger partial charge in [-0.3, -0.25) is 4.79 Å². The van der Waals surface area contributed by atoms with E-state index in [1.807, 2.05) is 11.8 Å². The van der Waals surface area contributed by atoms with E-state index in [2.05, 4.69) is 13.0 Å². The number of morpholine rings is 1. The summed E-state index contributed by atoms with van der Waals surface area (Å²) in [5, 5.41) is 0. The molecule has 1 aromatic rings. The number of aryl methyl sites for hydroxylation is 1. The van der Waals surface area contributed by atoms with Crippen LogP contribution in [0.4, 0.5) is 0 Å². The maximum absolute atomic E-state index is 12.5. The third-order valence-electron chi connectivity index (χ3n) is 4.07. The van der Waals surface area contributed by atoms with Crippen LogP contribution in [0, 0.1) is 5.92 Å². The molecule has 2 atom stereocenters. The highest BCUT2D eigenvalue weighted by molar-refractivity contribution is 7.14. The highest BCUT2D eigenvalue weighted by atomic mass is 32.1. The summed E-state index contributed by atoms with van der Waals surface area (Å²) in [7, 11) is 0. The van der Waals surface area contributed by atoms with Crippen molar-refractivity contribution < 1.29 is 9.53 Å². The normalized spacial score (nSPS) is 27.2. The molecule has 4 heteroatoms. The fraction of sp³-hybridized carbons (Fsp3) is 0.667. The van der Waals surface area contributed by atoms with E-state index in [9.17, 15) is 4.79 Å². The zero-order valence-corrected chi connectivity index (χ0v) is 12.5. The molecule has 1 amide bonds. The summed E-state index contributed by atoms with van der Waals surface area (Å²) in [6.45, 7) is 6.43. The first-order valence-corrected chi connectivity index (χ1v) is 7.97. The van der Waals surface area contributed by atoms with Crippen molar-refractivity contribution in [3.63, 3.8) is 0 Å². The number of ether oxygens (including phenoxy) is 1. The van der Waals surface area contributed by atoms with Gasteiger partial charge in [0, 0.05) is 18.0 Å². The standard InChI is InChI=1S/C15H21NO2S/c1-10-3-4-13-12(7-10)8-14(19-13)15(17)16-5-6-18-11(2)9-16/h8,10-11H,3-7,9H2,1-2H3/t10-,11-/m1/s1. The largest absolute Gasteiger partial charge is 0.375 e. The molecule has 0 spiro atoms. The molecule has 1 aliphatic carbocycles. The second-order valence-corrected chi connectivity index (χ2v) is 6.98. The first kappa shape index (κ1) is 13.1. The Morgan fingerprint density at radius 3 is 3.11 bits per heavy atom. The zero-order valence-electron chi connectivity index (χ0n) is 11.6. The number of carbonyl (C=O) groups is 1. The van der Waals surface area contributed by atoms with Crippen LogP contribution in [0.25, 0.3) is 0 Å². The quantitative estimate of drug-likeness (QED) is 0.791. The van der Waals surface area contributed by atoms with Crippen molar-refractivity contribution in [3.05, 3.63) is 21.4 Å². The Morgan fingerprint density at radius 1 is 1.47 bits per heavy atom. The summed E-state index contributed by atoms with van der Waals surface area (Å²) >= 11 is 1.71. The third kappa shape index (κ3) is 2.70. The summed E-state index contributed by atoms with van der Waals surface area (Å²) < 4.78 is 5.50. The molecule has 2 aliphatic rings. The van der Waals surface area contributed by atoms with Gasteiger partial charge in [0.1, 0.15) is 0 Å². The van der Waals surface area contributed by atoms with Crippen LogP contribution in [-0.2, 0) is 17.6 Å². The van der Waals surface area contributed by atoms with E-state index in [-0.39, 0.29) is 12.0 Å². The lowest BCUT2D eigenvalue weighted by Gasteiger charge is -2.30. The third-order valence-corrected chi connectivity index (χ3v) is 5.29. The summed E-state index contributed by atoms with van der Waals surface area (Å²) in [5.41, 5.74) is 1.41. The van der Waals surface area contributed by atoms with Crippen LogP contribution in [0.5, 0.6) is 0 Å². The van der Waals surface area contributed by atoms with E-state index in [1.165, 1.54) is 16.9 Å². The van der Waals surface area contributed by atoms with Gasteiger partial charge in [0.2, 0.25) is 0 Å². The van der Waals surface area contributed by atoms with Crippen molar-refractivity contribution in [2.75, 3.05) is 19.7 Å². The van der Waals surface area contributed by atoms with Gasteiger partial charge < -0.3 is 9.64 Å². The van der Waals surface area contributed by atoms with E-state index in [4.69, 9.17) is 4.74 Å². The highest BCUT2D eigenvalue weighted by Crippen LogP contribution is 2.32. The predicted molar refractivity (Wildman–Crippen MR) is 76.8 cm³/mol. The number of carbonyl (C=O) groups excluding carboxylic acids is 1. The molecule has 0 saturated carbocycles. The summed E-state index contributed by atoms with van der Waals surface area (Å²) in [4.78, 5) is 16.8. The van der Waals surface area contributed by atoms with Crippen molar-refractivity contribution in [1.82, 2.24) is 4.90 Å². The van der Waals surface area contributed by atoms with Crippen molar-refractivity contribution in [1.29, 1.82) is 0 Å². The fourth-order valence-electron chi connectivity index (χ4n) is 2.97. The highest BCUT2D eigenvalue weighted by Gasteiger charge is 2.26. The molecule has 104 valence electrons. The van der Waals surface area contributed by atoms with Crippen molar-refractivity contribution in [2.24, 2.45) is 5.92 Å². The van der Waals surface area contributed by atoms with Crippen LogP contribution in [-0.4, -0.2) is 36.6 Å². The van der Waals surface area contributed by atoms with Gasteiger partial charge in [-0.15, -0.1) is 11.3 Å². The van der Waals surface area contributed by atoms with E-state index in [0.717, 1.165) is 36.7 Å². The zero-order chi connectivity index (χ0) is 13.4. The Morgan fingerprint density at radius 2 is 2.32 bits per heavy atom. The van der Waals surface area contributed by atoms with Crippen LogP contribution in [0.1, 0.15) is 40.4 Å². The topological polar surface area (TPSA) is 29.5 Å². The number of amides is 1. The number of nitrogens with zero attached hydrogens (tertiary/aromatic N) is 1. The molecule has 0 radical (unpaired) electrons. The van der Waals surface area contributed by atoms with Gasteiger partial charge in [-0.25, -0.2) is 0 Å². The molecule has 1 fully saturated rings. The molecule has 0 N–H and O–H groups in total. The monoisotopic (exact) mass is 279 g/mol. The number of hydrogen-bond acceptors (Lipinski definition) is 3. The van der Waals surface area contributed by atoms with E-state index < -0.39 is 0 Å². The van der Waals surface area contributed by atoms with Gasteiger partial charge >= 0.3 is 0 Å². The first-order chi connectivity index (χ1) is 9.13. The van der Waals surface area contributed by atoms with Crippen LogP contribution in [0.3, 0.4) is 0 Å². The Hall–Kier alpha value is -0.870. The molecule has 19 heavy (non-hydrogen) atoms. The fourth-order valence-corrected chi connectivity index (χ4v) is 4.15. The number of fused-ring (bicyclic) bond motifs is 1. The minimum atomic E-state index is 0.160. The lowest BCUT2D eigenvalue weighted by molar-refractivity contribution is -0.0122. The minimum absolute atomic E-state index is 0.160. The molecule has 1 aliphatic heterocycles. The molecule has 0 aromatic carbocycles. The van der Waals surface area contributed by atoms with Gasteiger partial charge in [0.15, 0.2) is 0 Å². The predicted octanol–water partition coefficient (Wildman–Crippen LogP) is 2.73. The van der Waals surface area contributed by atoms with Gasteiger partial charge in [-0.1, -0.05) is 6.92 Å². The van der Waals surface area contributed by atoms with Crippen LogP contribution in [0.15, 0.2) is 6.07 Å². The van der Waals surface area contributed by atoms with E-state index in [1.54, 1.807) is 11.3 Å². The smallest absolute Gasteiger partial charge is 0.264 e. The van der Waals surface area contributed by atoms with Gasteiger partial charge in [-0.2, -0.15) is 0 Å². The second kappa shape index (κ2) is 5.25. The molecule has 0 bridgehead atoms. The molecule has 2 heterocycles. The molecular weight excluding hydrogens is 258 g/mol. The van der Waals surface area contributed by atoms with Crippen LogP contribution in [0.2, 0.25) is 0 Å². The van der Waals surface area contributed by atoms with E-state index in [0.29, 0.717) is 6.61 Å². The first-order valence-electron chi connectivity index (χ1n) is 7.16. The molecule has 1 saturated heterocycles.